The molecule has 53 heavy (non-hydrogen) atoms. The Labute approximate surface area is 310 Å². The first kappa shape index (κ1) is 37.6. The Hall–Kier alpha value is -5.12. The SMILES string of the molecule is C=C(C)C1(OC(=O)Cc2ccccc2)CC(C)C2(OC(=O)Cc3ccccc3)C(C=C(CO)CC3(O)C(=O)C(C)=CC32)C1OC(=O)Cc1ccccc1. The van der Waals surface area contributed by atoms with Crippen molar-refractivity contribution in [3.63, 3.8) is 0 Å². The fraction of sp³-hybridized carbons (Fsp3) is 0.364. The van der Waals surface area contributed by atoms with E-state index in [-0.39, 0.29) is 43.3 Å². The van der Waals surface area contributed by atoms with E-state index in [1.54, 1.807) is 74.5 Å². The van der Waals surface area contributed by atoms with E-state index in [0.717, 1.165) is 0 Å². The van der Waals surface area contributed by atoms with Crippen LogP contribution >= 0.6 is 0 Å². The van der Waals surface area contributed by atoms with Gasteiger partial charge in [-0.15, -0.1) is 0 Å². The monoisotopic (exact) mass is 718 g/mol. The van der Waals surface area contributed by atoms with Crippen molar-refractivity contribution in [2.24, 2.45) is 17.8 Å². The molecule has 3 aliphatic rings. The number of carbonyl (C=O) groups is 4. The minimum absolute atomic E-state index is 0.0305. The van der Waals surface area contributed by atoms with E-state index >= 15 is 0 Å². The van der Waals surface area contributed by atoms with E-state index in [1.807, 2.05) is 49.4 Å². The molecule has 0 aromatic heterocycles. The summed E-state index contributed by atoms with van der Waals surface area (Å²) in [6.07, 6.45) is 1.33. The van der Waals surface area contributed by atoms with Crippen LogP contribution in [0.3, 0.4) is 0 Å². The number of Topliss-reactive ketones (excluding diaryl/α,β-unsaturated/α-hetero) is 1. The van der Waals surface area contributed by atoms with Gasteiger partial charge in [0.15, 0.2) is 17.5 Å². The zero-order chi connectivity index (χ0) is 38.0. The molecule has 2 N–H and O–H groups in total. The lowest BCUT2D eigenvalue weighted by atomic mass is 9.54. The van der Waals surface area contributed by atoms with Crippen molar-refractivity contribution in [1.29, 1.82) is 0 Å². The minimum Gasteiger partial charge on any atom is -0.457 e. The molecule has 0 amide bonds. The Morgan fingerprint density at radius 2 is 1.28 bits per heavy atom. The number of aliphatic hydroxyl groups excluding tert-OH is 1. The summed E-state index contributed by atoms with van der Waals surface area (Å²) in [5.41, 5.74) is -2.39. The molecule has 0 radical (unpaired) electrons. The van der Waals surface area contributed by atoms with Crippen LogP contribution in [0.4, 0.5) is 0 Å². The van der Waals surface area contributed by atoms with Crippen LogP contribution in [0.5, 0.6) is 0 Å². The van der Waals surface area contributed by atoms with E-state index in [1.165, 1.54) is 0 Å². The van der Waals surface area contributed by atoms with Gasteiger partial charge in [-0.1, -0.05) is 117 Å². The second-order valence-corrected chi connectivity index (χ2v) is 14.7. The molecule has 3 aromatic carbocycles. The molecule has 1 saturated carbocycles. The lowest BCUT2D eigenvalue weighted by Gasteiger charge is -2.59. The molecule has 276 valence electrons. The highest BCUT2D eigenvalue weighted by atomic mass is 16.6. The highest BCUT2D eigenvalue weighted by molar-refractivity contribution is 6.05. The zero-order valence-corrected chi connectivity index (χ0v) is 30.3. The van der Waals surface area contributed by atoms with Gasteiger partial charge in [-0.25, -0.2) is 0 Å². The molecule has 1 fully saturated rings. The van der Waals surface area contributed by atoms with Crippen LogP contribution in [0, 0.1) is 17.8 Å². The first-order valence-corrected chi connectivity index (χ1v) is 18.0. The molecular weight excluding hydrogens is 672 g/mol. The maximum atomic E-state index is 14.2. The maximum Gasteiger partial charge on any atom is 0.311 e. The molecule has 7 atom stereocenters. The van der Waals surface area contributed by atoms with Crippen molar-refractivity contribution in [3.8, 4) is 0 Å². The van der Waals surface area contributed by atoms with Crippen molar-refractivity contribution < 1.29 is 43.6 Å². The van der Waals surface area contributed by atoms with Gasteiger partial charge in [0.1, 0.15) is 11.2 Å². The second kappa shape index (κ2) is 15.1. The Balaban J connectivity index is 1.53. The van der Waals surface area contributed by atoms with Crippen molar-refractivity contribution >= 4 is 23.7 Å². The van der Waals surface area contributed by atoms with Gasteiger partial charge in [-0.05, 0) is 47.3 Å². The predicted molar refractivity (Wildman–Crippen MR) is 197 cm³/mol. The lowest BCUT2D eigenvalue weighted by molar-refractivity contribution is -0.250. The number of fused-ring (bicyclic) bond motifs is 3. The van der Waals surface area contributed by atoms with Crippen LogP contribution in [-0.2, 0) is 52.7 Å². The standard InChI is InChI=1S/C44H46O9/c1-28(2)43(52-38(47)23-32-16-10-6-11-17-32)25-30(4)44(53-39(48)24-33-18-12-7-13-19-33)35(41(43)51-37(46)22-31-14-8-5-9-15-31)21-34(27-45)26-42(50)36(44)20-29(3)40(42)49/h5-21,30,35-36,41,45,50H,1,22-27H2,2-4H3. The lowest BCUT2D eigenvalue weighted by Crippen LogP contribution is -2.71. The smallest absolute Gasteiger partial charge is 0.311 e. The third-order valence-electron chi connectivity index (χ3n) is 11.1. The zero-order valence-electron chi connectivity index (χ0n) is 30.3. The number of hydrogen-bond acceptors (Lipinski definition) is 9. The van der Waals surface area contributed by atoms with Gasteiger partial charge in [0, 0.05) is 18.8 Å². The van der Waals surface area contributed by atoms with Gasteiger partial charge in [0.2, 0.25) is 0 Å². The van der Waals surface area contributed by atoms with Crippen LogP contribution in [0.2, 0.25) is 0 Å². The predicted octanol–water partition coefficient (Wildman–Crippen LogP) is 5.62. The number of aliphatic hydroxyl groups is 2. The summed E-state index contributed by atoms with van der Waals surface area (Å²) in [6.45, 7) is 8.84. The average Bonchev–Trinajstić information content (AvgIpc) is 3.28. The van der Waals surface area contributed by atoms with E-state index in [0.29, 0.717) is 22.3 Å². The summed E-state index contributed by atoms with van der Waals surface area (Å²) in [5, 5.41) is 23.1. The molecule has 3 aromatic rings. The summed E-state index contributed by atoms with van der Waals surface area (Å²) >= 11 is 0. The molecule has 9 heteroatoms. The van der Waals surface area contributed by atoms with E-state index in [4.69, 9.17) is 14.2 Å². The van der Waals surface area contributed by atoms with Gasteiger partial charge < -0.3 is 24.4 Å². The Bertz CT molecular complexity index is 1930. The Morgan fingerprint density at radius 3 is 1.77 bits per heavy atom. The highest BCUT2D eigenvalue weighted by Gasteiger charge is 2.72. The fourth-order valence-corrected chi connectivity index (χ4v) is 8.67. The molecule has 0 spiro atoms. The summed E-state index contributed by atoms with van der Waals surface area (Å²) in [5.74, 6) is -5.36. The Kier molecular flexibility index (Phi) is 10.7. The quantitative estimate of drug-likeness (QED) is 0.147. The van der Waals surface area contributed by atoms with Crippen LogP contribution in [0.25, 0.3) is 0 Å². The number of hydrogen-bond donors (Lipinski definition) is 2. The molecule has 6 rings (SSSR count). The first-order valence-electron chi connectivity index (χ1n) is 18.0. The van der Waals surface area contributed by atoms with Crippen LogP contribution < -0.4 is 0 Å². The molecule has 7 unspecified atom stereocenters. The van der Waals surface area contributed by atoms with E-state index in [2.05, 4.69) is 6.58 Å². The summed E-state index contributed by atoms with van der Waals surface area (Å²) in [6, 6.07) is 27.2. The van der Waals surface area contributed by atoms with Crippen molar-refractivity contribution in [3.05, 3.63) is 143 Å². The third-order valence-corrected chi connectivity index (χ3v) is 11.1. The number of carbonyl (C=O) groups excluding carboxylic acids is 4. The number of benzene rings is 3. The van der Waals surface area contributed by atoms with Crippen molar-refractivity contribution in [2.75, 3.05) is 6.61 Å². The van der Waals surface area contributed by atoms with Crippen molar-refractivity contribution in [1.82, 2.24) is 0 Å². The van der Waals surface area contributed by atoms with E-state index in [9.17, 15) is 29.4 Å². The van der Waals surface area contributed by atoms with Crippen molar-refractivity contribution in [2.45, 2.75) is 75.8 Å². The fourth-order valence-electron chi connectivity index (χ4n) is 8.67. The summed E-state index contributed by atoms with van der Waals surface area (Å²) < 4.78 is 19.6. The number of rotatable bonds is 11. The number of esters is 3. The van der Waals surface area contributed by atoms with Gasteiger partial charge in [0.05, 0.1) is 37.7 Å². The van der Waals surface area contributed by atoms with E-state index < -0.39 is 71.0 Å². The van der Waals surface area contributed by atoms with Crippen LogP contribution in [0.15, 0.2) is 126 Å². The average molecular weight is 719 g/mol. The van der Waals surface area contributed by atoms with Gasteiger partial charge in [-0.2, -0.15) is 0 Å². The summed E-state index contributed by atoms with van der Waals surface area (Å²) in [4.78, 5) is 56.0. The summed E-state index contributed by atoms with van der Waals surface area (Å²) in [7, 11) is 0. The van der Waals surface area contributed by atoms with Gasteiger partial charge in [0.25, 0.3) is 0 Å². The largest absolute Gasteiger partial charge is 0.457 e. The molecular formula is C44H46O9. The third kappa shape index (κ3) is 7.15. The van der Waals surface area contributed by atoms with Crippen LogP contribution in [0.1, 0.15) is 50.3 Å². The highest BCUT2D eigenvalue weighted by Crippen LogP contribution is 2.60. The van der Waals surface area contributed by atoms with Gasteiger partial charge in [-0.3, -0.25) is 19.2 Å². The molecule has 3 aliphatic carbocycles. The molecule has 0 saturated heterocycles. The normalized spacial score (nSPS) is 29.0. The first-order chi connectivity index (χ1) is 25.3. The number of ether oxygens (including phenoxy) is 3. The number of ketones is 1. The molecule has 0 aliphatic heterocycles. The van der Waals surface area contributed by atoms with Gasteiger partial charge >= 0.3 is 17.9 Å². The molecule has 0 bridgehead atoms. The second-order valence-electron chi connectivity index (χ2n) is 14.7. The Morgan fingerprint density at radius 1 is 0.792 bits per heavy atom. The molecule has 0 heterocycles. The van der Waals surface area contributed by atoms with Crippen LogP contribution in [-0.4, -0.2) is 63.4 Å². The molecule has 9 nitrogen and oxygen atoms in total. The maximum absolute atomic E-state index is 14.2. The minimum atomic E-state index is -2.08. The topological polar surface area (TPSA) is 136 Å².